The molecule has 4 N–H and O–H groups in total. The first-order valence-corrected chi connectivity index (χ1v) is 3.81. The van der Waals surface area contributed by atoms with Gasteiger partial charge in [0.15, 0.2) is 0 Å². The number of aliphatic hydroxyl groups excluding tert-OH is 3. The zero-order valence-electron chi connectivity index (χ0n) is 6.84. The Balaban J connectivity index is 2.71. The molecule has 1 aliphatic heterocycles. The SMILES string of the molecule is C[C@@]1(O)[C@H](O)CO[C@H](CO)[C@H]1O. The highest BCUT2D eigenvalue weighted by Gasteiger charge is 2.46. The Kier molecular flexibility index (Phi) is 2.70. The number of rotatable bonds is 1. The molecule has 0 amide bonds. The molecular formula is C7H14O5. The van der Waals surface area contributed by atoms with E-state index >= 15 is 0 Å². The predicted molar refractivity (Wildman–Crippen MR) is 39.5 cm³/mol. The summed E-state index contributed by atoms with van der Waals surface area (Å²) in [6, 6.07) is 0. The average Bonchev–Trinajstić information content (AvgIpc) is 2.02. The summed E-state index contributed by atoms with van der Waals surface area (Å²) in [4.78, 5) is 0. The smallest absolute Gasteiger partial charge is 0.118 e. The zero-order valence-corrected chi connectivity index (χ0v) is 6.84. The standard InChI is InChI=1S/C7H14O5/c1-7(11)5(9)3-12-4(2-8)6(7)10/h4-6,8-11H,2-3H2,1H3/t4-,5-,6-,7-/m1/s1. The quantitative estimate of drug-likeness (QED) is 0.367. The molecular weight excluding hydrogens is 164 g/mol. The molecule has 1 heterocycles. The third kappa shape index (κ3) is 1.46. The first kappa shape index (κ1) is 9.88. The summed E-state index contributed by atoms with van der Waals surface area (Å²) in [6.07, 6.45) is -3.19. The maximum absolute atomic E-state index is 9.52. The van der Waals surface area contributed by atoms with Crippen LogP contribution >= 0.6 is 0 Å². The van der Waals surface area contributed by atoms with Crippen molar-refractivity contribution in [2.75, 3.05) is 13.2 Å². The molecule has 1 aliphatic rings. The van der Waals surface area contributed by atoms with Crippen LogP contribution < -0.4 is 0 Å². The Morgan fingerprint density at radius 2 is 2.08 bits per heavy atom. The molecule has 0 saturated carbocycles. The molecule has 0 spiro atoms. The number of hydrogen-bond acceptors (Lipinski definition) is 5. The largest absolute Gasteiger partial charge is 0.394 e. The van der Waals surface area contributed by atoms with E-state index < -0.39 is 23.9 Å². The monoisotopic (exact) mass is 178 g/mol. The van der Waals surface area contributed by atoms with E-state index in [1.165, 1.54) is 6.92 Å². The van der Waals surface area contributed by atoms with E-state index in [9.17, 15) is 15.3 Å². The molecule has 0 aliphatic carbocycles. The van der Waals surface area contributed by atoms with Gasteiger partial charge in [-0.05, 0) is 6.92 Å². The lowest BCUT2D eigenvalue weighted by atomic mass is 9.87. The van der Waals surface area contributed by atoms with Crippen molar-refractivity contribution >= 4 is 0 Å². The second-order valence-electron chi connectivity index (χ2n) is 3.24. The molecule has 0 radical (unpaired) electrons. The molecule has 1 saturated heterocycles. The third-order valence-corrected chi connectivity index (χ3v) is 2.27. The van der Waals surface area contributed by atoms with E-state index in [0.29, 0.717) is 0 Å². The van der Waals surface area contributed by atoms with Gasteiger partial charge in [-0.3, -0.25) is 0 Å². The zero-order chi connectivity index (χ0) is 9.35. The van der Waals surface area contributed by atoms with E-state index in [1.807, 2.05) is 0 Å². The molecule has 4 atom stereocenters. The first-order valence-electron chi connectivity index (χ1n) is 3.81. The minimum atomic E-state index is -1.61. The molecule has 0 aromatic rings. The van der Waals surface area contributed by atoms with Gasteiger partial charge in [-0.25, -0.2) is 0 Å². The minimum absolute atomic E-state index is 0.0741. The van der Waals surface area contributed by atoms with Crippen molar-refractivity contribution in [2.45, 2.75) is 30.8 Å². The molecule has 0 aromatic heterocycles. The fourth-order valence-electron chi connectivity index (χ4n) is 1.20. The highest BCUT2D eigenvalue weighted by atomic mass is 16.5. The molecule has 72 valence electrons. The van der Waals surface area contributed by atoms with Crippen molar-refractivity contribution in [2.24, 2.45) is 0 Å². The Bertz CT molecular complexity index is 158. The predicted octanol–water partition coefficient (Wildman–Crippen LogP) is -2.15. The molecule has 1 fully saturated rings. The number of aliphatic hydroxyl groups is 4. The summed E-state index contributed by atoms with van der Waals surface area (Å²) in [7, 11) is 0. The van der Waals surface area contributed by atoms with Gasteiger partial charge in [0, 0.05) is 0 Å². The van der Waals surface area contributed by atoms with Crippen LogP contribution in [0.15, 0.2) is 0 Å². The van der Waals surface area contributed by atoms with E-state index in [-0.39, 0.29) is 13.2 Å². The lowest BCUT2D eigenvalue weighted by Crippen LogP contribution is -2.62. The van der Waals surface area contributed by atoms with E-state index in [4.69, 9.17) is 9.84 Å². The van der Waals surface area contributed by atoms with Gasteiger partial charge in [-0.15, -0.1) is 0 Å². The van der Waals surface area contributed by atoms with Gasteiger partial charge < -0.3 is 25.2 Å². The summed E-state index contributed by atoms with van der Waals surface area (Å²) in [5, 5.41) is 36.8. The summed E-state index contributed by atoms with van der Waals surface area (Å²) >= 11 is 0. The maximum Gasteiger partial charge on any atom is 0.118 e. The van der Waals surface area contributed by atoms with Crippen molar-refractivity contribution in [1.82, 2.24) is 0 Å². The van der Waals surface area contributed by atoms with E-state index in [1.54, 1.807) is 0 Å². The van der Waals surface area contributed by atoms with E-state index in [0.717, 1.165) is 0 Å². The van der Waals surface area contributed by atoms with E-state index in [2.05, 4.69) is 0 Å². The van der Waals surface area contributed by atoms with Crippen LogP contribution in [0.2, 0.25) is 0 Å². The highest BCUT2D eigenvalue weighted by molar-refractivity contribution is 4.96. The van der Waals surface area contributed by atoms with Gasteiger partial charge in [-0.2, -0.15) is 0 Å². The first-order chi connectivity index (χ1) is 5.50. The Morgan fingerprint density at radius 3 is 2.58 bits per heavy atom. The molecule has 5 heteroatoms. The van der Waals surface area contributed by atoms with Crippen LogP contribution in [-0.4, -0.2) is 57.6 Å². The van der Waals surface area contributed by atoms with Crippen molar-refractivity contribution in [3.63, 3.8) is 0 Å². The summed E-state index contributed by atoms with van der Waals surface area (Å²) < 4.78 is 4.88. The second-order valence-corrected chi connectivity index (χ2v) is 3.24. The number of hydrogen-bond donors (Lipinski definition) is 4. The Morgan fingerprint density at radius 1 is 1.50 bits per heavy atom. The van der Waals surface area contributed by atoms with Crippen LogP contribution in [0.4, 0.5) is 0 Å². The molecule has 5 nitrogen and oxygen atoms in total. The normalized spacial score (nSPS) is 49.2. The topological polar surface area (TPSA) is 90.2 Å². The molecule has 1 rings (SSSR count). The highest BCUT2D eigenvalue weighted by Crippen LogP contribution is 2.24. The van der Waals surface area contributed by atoms with Gasteiger partial charge in [0.25, 0.3) is 0 Å². The summed E-state index contributed by atoms with van der Waals surface area (Å²) in [5.41, 5.74) is -1.61. The Hall–Kier alpha value is -0.200. The van der Waals surface area contributed by atoms with Crippen LogP contribution in [0.5, 0.6) is 0 Å². The lowest BCUT2D eigenvalue weighted by molar-refractivity contribution is -0.239. The minimum Gasteiger partial charge on any atom is -0.394 e. The summed E-state index contributed by atoms with van der Waals surface area (Å²) in [6.45, 7) is 0.868. The van der Waals surface area contributed by atoms with Crippen molar-refractivity contribution in [3.05, 3.63) is 0 Å². The van der Waals surface area contributed by atoms with Crippen LogP contribution in [0.3, 0.4) is 0 Å². The van der Waals surface area contributed by atoms with Gasteiger partial charge >= 0.3 is 0 Å². The second kappa shape index (κ2) is 3.27. The fraction of sp³-hybridized carbons (Fsp3) is 1.00. The van der Waals surface area contributed by atoms with Crippen LogP contribution in [0, 0.1) is 0 Å². The van der Waals surface area contributed by atoms with Gasteiger partial charge in [0.05, 0.1) is 13.2 Å². The van der Waals surface area contributed by atoms with Crippen molar-refractivity contribution < 1.29 is 25.2 Å². The molecule has 12 heavy (non-hydrogen) atoms. The van der Waals surface area contributed by atoms with Crippen molar-refractivity contribution in [3.8, 4) is 0 Å². The van der Waals surface area contributed by atoms with Crippen LogP contribution in [0.1, 0.15) is 6.92 Å². The Labute approximate surface area is 70.2 Å². The summed E-state index contributed by atoms with van der Waals surface area (Å²) in [5.74, 6) is 0. The van der Waals surface area contributed by atoms with Gasteiger partial charge in [-0.1, -0.05) is 0 Å². The third-order valence-electron chi connectivity index (χ3n) is 2.27. The van der Waals surface area contributed by atoms with Crippen LogP contribution in [-0.2, 0) is 4.74 Å². The molecule has 0 unspecified atom stereocenters. The average molecular weight is 178 g/mol. The van der Waals surface area contributed by atoms with Gasteiger partial charge in [0.2, 0.25) is 0 Å². The molecule has 0 aromatic carbocycles. The number of ether oxygens (including phenoxy) is 1. The van der Waals surface area contributed by atoms with Gasteiger partial charge in [0.1, 0.15) is 23.9 Å². The van der Waals surface area contributed by atoms with Crippen molar-refractivity contribution in [1.29, 1.82) is 0 Å². The maximum atomic E-state index is 9.52. The lowest BCUT2D eigenvalue weighted by Gasteiger charge is -2.41. The van der Waals surface area contributed by atoms with Crippen LogP contribution in [0.25, 0.3) is 0 Å². The molecule has 0 bridgehead atoms. The fourth-order valence-corrected chi connectivity index (χ4v) is 1.20.